The Hall–Kier alpha value is -2.79. The number of aromatic nitrogens is 2. The summed E-state index contributed by atoms with van der Waals surface area (Å²) in [5, 5.41) is 13.2. The molecule has 0 bridgehead atoms. The quantitative estimate of drug-likeness (QED) is 0.696. The topological polar surface area (TPSA) is 76.2 Å². The number of carbonyl (C=O) groups is 1. The number of hydrogen-bond donors (Lipinski definition) is 1. The third kappa shape index (κ3) is 3.62. The van der Waals surface area contributed by atoms with Gasteiger partial charge in [-0.3, -0.25) is 4.79 Å². The van der Waals surface area contributed by atoms with Gasteiger partial charge in [0, 0.05) is 18.4 Å². The van der Waals surface area contributed by atoms with E-state index in [1.54, 1.807) is 0 Å². The van der Waals surface area contributed by atoms with Gasteiger partial charge in [-0.25, -0.2) is 0 Å². The molecule has 1 fully saturated rings. The molecule has 144 valence electrons. The summed E-state index contributed by atoms with van der Waals surface area (Å²) < 4.78 is 5.46. The molecule has 0 spiro atoms. The van der Waals surface area contributed by atoms with Crippen molar-refractivity contribution >= 4 is 5.78 Å². The Balaban J connectivity index is 1.53. The van der Waals surface area contributed by atoms with E-state index in [0.29, 0.717) is 36.8 Å². The molecule has 5 nitrogen and oxygen atoms in total. The Kier molecular flexibility index (Phi) is 5.35. The smallest absolute Gasteiger partial charge is 0.227 e. The van der Waals surface area contributed by atoms with Crippen molar-refractivity contribution < 1.29 is 14.4 Å². The van der Waals surface area contributed by atoms with Crippen molar-refractivity contribution in [2.24, 2.45) is 0 Å². The normalized spacial score (nSPS) is 19.7. The highest BCUT2D eigenvalue weighted by atomic mass is 16.5. The minimum Gasteiger partial charge on any atom is -0.392 e. The second-order valence-corrected chi connectivity index (χ2v) is 7.45. The van der Waals surface area contributed by atoms with Gasteiger partial charge < -0.3 is 9.63 Å². The molecule has 1 aliphatic carbocycles. The van der Waals surface area contributed by atoms with E-state index in [1.807, 2.05) is 42.5 Å². The largest absolute Gasteiger partial charge is 0.392 e. The molecule has 1 aromatic heterocycles. The van der Waals surface area contributed by atoms with Gasteiger partial charge in [0.05, 0.1) is 12.0 Å². The van der Waals surface area contributed by atoms with Gasteiger partial charge in [0.2, 0.25) is 11.7 Å². The molecule has 1 atom stereocenters. The number of rotatable bonds is 6. The van der Waals surface area contributed by atoms with E-state index in [4.69, 9.17) is 9.63 Å². The zero-order valence-electron chi connectivity index (χ0n) is 15.8. The van der Waals surface area contributed by atoms with E-state index in [9.17, 15) is 4.79 Å². The zero-order valence-corrected chi connectivity index (χ0v) is 15.8. The number of carbonyl (C=O) groups excluding carboxylic acids is 1. The van der Waals surface area contributed by atoms with Crippen LogP contribution in [0.4, 0.5) is 0 Å². The Morgan fingerprint density at radius 1 is 1.04 bits per heavy atom. The van der Waals surface area contributed by atoms with Crippen LogP contribution in [0.1, 0.15) is 49.1 Å². The van der Waals surface area contributed by atoms with Crippen LogP contribution in [-0.2, 0) is 23.2 Å². The van der Waals surface area contributed by atoms with Crippen molar-refractivity contribution in [1.82, 2.24) is 10.1 Å². The summed E-state index contributed by atoms with van der Waals surface area (Å²) in [6.45, 7) is 0.00731. The summed E-state index contributed by atoms with van der Waals surface area (Å²) in [5.74, 6) is 1.41. The third-order valence-electron chi connectivity index (χ3n) is 5.75. The van der Waals surface area contributed by atoms with E-state index in [0.717, 1.165) is 36.0 Å². The summed E-state index contributed by atoms with van der Waals surface area (Å²) in [6.07, 6.45) is 4.80. The Morgan fingerprint density at radius 2 is 1.82 bits per heavy atom. The summed E-state index contributed by atoms with van der Waals surface area (Å²) in [5.41, 5.74) is 2.34. The highest BCUT2D eigenvalue weighted by Gasteiger charge is 2.41. The lowest BCUT2D eigenvalue weighted by Crippen LogP contribution is -2.39. The van der Waals surface area contributed by atoms with Crippen molar-refractivity contribution in [3.8, 4) is 11.4 Å². The van der Waals surface area contributed by atoms with Gasteiger partial charge in [0.1, 0.15) is 5.78 Å². The molecule has 0 radical (unpaired) electrons. The minimum atomic E-state index is -0.448. The van der Waals surface area contributed by atoms with Crippen LogP contribution < -0.4 is 0 Å². The predicted molar refractivity (Wildman–Crippen MR) is 106 cm³/mol. The van der Waals surface area contributed by atoms with Gasteiger partial charge in [-0.15, -0.1) is 0 Å². The van der Waals surface area contributed by atoms with E-state index < -0.39 is 5.41 Å². The first-order valence-corrected chi connectivity index (χ1v) is 9.83. The molecule has 5 heteroatoms. The fourth-order valence-corrected chi connectivity index (χ4v) is 4.12. The summed E-state index contributed by atoms with van der Waals surface area (Å²) in [6, 6.07) is 17.5. The molecule has 1 saturated carbocycles. The average molecular weight is 376 g/mol. The SMILES string of the molecule is O=C1CCCCC1(CCc1nc(-c2ccc(CO)cc2)no1)c1ccccc1. The molecule has 1 aliphatic rings. The number of ketones is 1. The van der Waals surface area contributed by atoms with E-state index in [2.05, 4.69) is 22.3 Å². The first-order chi connectivity index (χ1) is 13.7. The van der Waals surface area contributed by atoms with Crippen LogP contribution in [0, 0.1) is 0 Å². The molecule has 0 amide bonds. The highest BCUT2D eigenvalue weighted by molar-refractivity contribution is 5.90. The van der Waals surface area contributed by atoms with Crippen LogP contribution in [0.3, 0.4) is 0 Å². The average Bonchev–Trinajstić information content (AvgIpc) is 3.23. The fourth-order valence-electron chi connectivity index (χ4n) is 4.12. The Morgan fingerprint density at radius 3 is 2.54 bits per heavy atom. The van der Waals surface area contributed by atoms with Crippen LogP contribution in [-0.4, -0.2) is 21.0 Å². The maximum Gasteiger partial charge on any atom is 0.227 e. The molecule has 2 aromatic carbocycles. The molecule has 1 N–H and O–H groups in total. The lowest BCUT2D eigenvalue weighted by atomic mass is 9.66. The standard InChI is InChI=1S/C23H24N2O3/c26-16-17-9-11-18(12-10-17)22-24-21(28-25-22)13-15-23(14-5-4-8-20(23)27)19-6-2-1-3-7-19/h1-3,6-7,9-12,26H,4-5,8,13-16H2. The van der Waals surface area contributed by atoms with Gasteiger partial charge >= 0.3 is 0 Å². The summed E-state index contributed by atoms with van der Waals surface area (Å²) in [7, 11) is 0. The second-order valence-electron chi connectivity index (χ2n) is 7.45. The molecular weight excluding hydrogens is 352 g/mol. The molecule has 4 rings (SSSR count). The monoisotopic (exact) mass is 376 g/mol. The van der Waals surface area contributed by atoms with Gasteiger partial charge in [-0.05, 0) is 30.4 Å². The molecule has 28 heavy (non-hydrogen) atoms. The molecule has 3 aromatic rings. The van der Waals surface area contributed by atoms with Crippen molar-refractivity contribution in [3.63, 3.8) is 0 Å². The van der Waals surface area contributed by atoms with E-state index in [1.165, 1.54) is 0 Å². The summed E-state index contributed by atoms with van der Waals surface area (Å²) in [4.78, 5) is 17.5. The van der Waals surface area contributed by atoms with Gasteiger partial charge in [0.25, 0.3) is 0 Å². The highest BCUT2D eigenvalue weighted by Crippen LogP contribution is 2.40. The fraction of sp³-hybridized carbons (Fsp3) is 0.348. The van der Waals surface area contributed by atoms with Crippen LogP contribution in [0.2, 0.25) is 0 Å². The number of aryl methyl sites for hydroxylation is 1. The van der Waals surface area contributed by atoms with Crippen molar-refractivity contribution in [1.29, 1.82) is 0 Å². The van der Waals surface area contributed by atoms with Gasteiger partial charge in [0.15, 0.2) is 0 Å². The van der Waals surface area contributed by atoms with Crippen LogP contribution in [0.25, 0.3) is 11.4 Å². The van der Waals surface area contributed by atoms with Crippen LogP contribution in [0.5, 0.6) is 0 Å². The van der Waals surface area contributed by atoms with Crippen LogP contribution >= 0.6 is 0 Å². The number of nitrogens with zero attached hydrogens (tertiary/aromatic N) is 2. The Labute approximate surface area is 164 Å². The first kappa shape index (κ1) is 18.6. The van der Waals surface area contributed by atoms with Gasteiger partial charge in [-0.1, -0.05) is 66.2 Å². The molecule has 1 heterocycles. The number of Topliss-reactive ketones (excluding diaryl/α,β-unsaturated/α-hetero) is 1. The van der Waals surface area contributed by atoms with Crippen LogP contribution in [0.15, 0.2) is 59.1 Å². The molecular formula is C23H24N2O3. The predicted octanol–water partition coefficient (Wildman–Crippen LogP) is 4.24. The Bertz CT molecular complexity index is 934. The lowest BCUT2D eigenvalue weighted by molar-refractivity contribution is -0.126. The molecule has 0 aliphatic heterocycles. The minimum absolute atomic E-state index is 0.00731. The summed E-state index contributed by atoms with van der Waals surface area (Å²) >= 11 is 0. The van der Waals surface area contributed by atoms with Crippen molar-refractivity contribution in [3.05, 3.63) is 71.6 Å². The van der Waals surface area contributed by atoms with E-state index >= 15 is 0 Å². The zero-order chi connectivity index (χ0) is 19.4. The number of benzene rings is 2. The maximum atomic E-state index is 12.9. The number of aliphatic hydroxyl groups excluding tert-OH is 1. The first-order valence-electron chi connectivity index (χ1n) is 9.83. The van der Waals surface area contributed by atoms with E-state index in [-0.39, 0.29) is 6.61 Å². The lowest BCUT2D eigenvalue weighted by Gasteiger charge is -2.36. The van der Waals surface area contributed by atoms with Crippen molar-refractivity contribution in [2.75, 3.05) is 0 Å². The number of hydrogen-bond acceptors (Lipinski definition) is 5. The van der Waals surface area contributed by atoms with Crippen molar-refractivity contribution in [2.45, 2.75) is 50.5 Å². The third-order valence-corrected chi connectivity index (χ3v) is 5.75. The molecule has 0 saturated heterocycles. The second kappa shape index (κ2) is 8.07. The maximum absolute atomic E-state index is 12.9. The molecule has 1 unspecified atom stereocenters. The number of aliphatic hydroxyl groups is 1. The van der Waals surface area contributed by atoms with Gasteiger partial charge in [-0.2, -0.15) is 4.98 Å².